The predicted octanol–water partition coefficient (Wildman–Crippen LogP) is 4.27. The Bertz CT molecular complexity index is 840. The topological polar surface area (TPSA) is 34.9 Å². The average molecular weight is 331 g/mol. The van der Waals surface area contributed by atoms with Crippen molar-refractivity contribution in [3.8, 4) is 11.1 Å². The Kier molecular flexibility index (Phi) is 4.27. The van der Waals surface area contributed by atoms with Crippen LogP contribution in [0.3, 0.4) is 0 Å². The van der Waals surface area contributed by atoms with Crippen LogP contribution in [0.15, 0.2) is 65.7 Å². The summed E-state index contributed by atoms with van der Waals surface area (Å²) in [6.07, 6.45) is 3.51. The molecule has 0 spiro atoms. The normalized spacial score (nSPS) is 10.6. The van der Waals surface area contributed by atoms with Crippen LogP contribution in [0.2, 0.25) is 10.2 Å². The lowest BCUT2D eigenvalue weighted by molar-refractivity contribution is 0.761. The summed E-state index contributed by atoms with van der Waals surface area (Å²) in [6, 6.07) is 14.4. The van der Waals surface area contributed by atoms with E-state index < -0.39 is 0 Å². The van der Waals surface area contributed by atoms with E-state index in [0.717, 1.165) is 16.7 Å². The minimum absolute atomic E-state index is 0.0550. The van der Waals surface area contributed by atoms with Gasteiger partial charge >= 0.3 is 0 Å². The van der Waals surface area contributed by atoms with E-state index >= 15 is 0 Å². The van der Waals surface area contributed by atoms with Crippen LogP contribution in [-0.4, -0.2) is 9.55 Å². The summed E-state index contributed by atoms with van der Waals surface area (Å²) in [5.41, 5.74) is 2.78. The van der Waals surface area contributed by atoms with Gasteiger partial charge in [-0.05, 0) is 41.5 Å². The first-order chi connectivity index (χ1) is 10.6. The number of hydrogen-bond donors (Lipinski definition) is 0. The maximum absolute atomic E-state index is 12.0. The monoisotopic (exact) mass is 330 g/mol. The fourth-order valence-electron chi connectivity index (χ4n) is 2.16. The summed E-state index contributed by atoms with van der Waals surface area (Å²) in [4.78, 5) is 16.1. The van der Waals surface area contributed by atoms with Gasteiger partial charge in [0.25, 0.3) is 5.56 Å². The molecule has 0 aliphatic carbocycles. The molecule has 3 aromatic rings. The van der Waals surface area contributed by atoms with Crippen molar-refractivity contribution in [2.45, 2.75) is 6.54 Å². The van der Waals surface area contributed by atoms with Gasteiger partial charge in [0, 0.05) is 29.0 Å². The van der Waals surface area contributed by atoms with Crippen molar-refractivity contribution < 1.29 is 0 Å². The molecule has 0 amide bonds. The van der Waals surface area contributed by atoms with E-state index in [0.29, 0.717) is 16.7 Å². The highest BCUT2D eigenvalue weighted by Crippen LogP contribution is 2.19. The number of pyridine rings is 2. The van der Waals surface area contributed by atoms with Crippen LogP contribution in [-0.2, 0) is 6.54 Å². The van der Waals surface area contributed by atoms with Crippen LogP contribution >= 0.6 is 23.2 Å². The molecule has 0 fully saturated rings. The van der Waals surface area contributed by atoms with E-state index in [2.05, 4.69) is 4.98 Å². The second-order valence-electron chi connectivity index (χ2n) is 4.88. The summed E-state index contributed by atoms with van der Waals surface area (Å²) in [6.45, 7) is 0.491. The zero-order valence-corrected chi connectivity index (χ0v) is 13.1. The number of halogens is 2. The van der Waals surface area contributed by atoms with Crippen molar-refractivity contribution in [1.82, 2.24) is 9.55 Å². The summed E-state index contributed by atoms with van der Waals surface area (Å²) in [7, 11) is 0. The van der Waals surface area contributed by atoms with Gasteiger partial charge in [0.2, 0.25) is 0 Å². The maximum Gasteiger partial charge on any atom is 0.250 e. The van der Waals surface area contributed by atoms with Crippen LogP contribution in [0.1, 0.15) is 5.56 Å². The molecular weight excluding hydrogens is 319 g/mol. The minimum Gasteiger partial charge on any atom is -0.310 e. The molecule has 0 aliphatic rings. The van der Waals surface area contributed by atoms with Crippen LogP contribution in [0.5, 0.6) is 0 Å². The third-order valence-electron chi connectivity index (χ3n) is 3.31. The highest BCUT2D eigenvalue weighted by molar-refractivity contribution is 6.30. The molecule has 110 valence electrons. The second kappa shape index (κ2) is 6.34. The highest BCUT2D eigenvalue weighted by atomic mass is 35.5. The van der Waals surface area contributed by atoms with Crippen molar-refractivity contribution in [1.29, 1.82) is 0 Å². The molecule has 0 N–H and O–H groups in total. The SMILES string of the molecule is O=c1ccc(-c2ccc(Cl)nc2)cn1Cc1ccc(Cl)cc1. The Balaban J connectivity index is 1.94. The van der Waals surface area contributed by atoms with E-state index in [4.69, 9.17) is 23.2 Å². The number of nitrogens with zero attached hydrogens (tertiary/aromatic N) is 2. The molecule has 3 rings (SSSR count). The van der Waals surface area contributed by atoms with E-state index in [1.165, 1.54) is 0 Å². The Morgan fingerprint density at radius 3 is 2.32 bits per heavy atom. The van der Waals surface area contributed by atoms with Crippen molar-refractivity contribution >= 4 is 23.2 Å². The van der Waals surface area contributed by atoms with Crippen LogP contribution in [0, 0.1) is 0 Å². The van der Waals surface area contributed by atoms with Crippen molar-refractivity contribution in [3.05, 3.63) is 87.0 Å². The Morgan fingerprint density at radius 2 is 1.64 bits per heavy atom. The molecule has 2 aromatic heterocycles. The first-order valence-electron chi connectivity index (χ1n) is 6.69. The standard InChI is InChI=1S/C17H12Cl2N2O/c18-15-5-1-12(2-6-15)10-21-11-14(4-8-17(21)22)13-3-7-16(19)20-9-13/h1-9,11H,10H2. The molecule has 0 atom stereocenters. The lowest BCUT2D eigenvalue weighted by Crippen LogP contribution is -2.19. The molecule has 0 radical (unpaired) electrons. The lowest BCUT2D eigenvalue weighted by atomic mass is 10.1. The van der Waals surface area contributed by atoms with Gasteiger partial charge in [0.15, 0.2) is 0 Å². The molecule has 3 nitrogen and oxygen atoms in total. The first kappa shape index (κ1) is 14.8. The number of rotatable bonds is 3. The van der Waals surface area contributed by atoms with Crippen LogP contribution in [0.4, 0.5) is 0 Å². The third kappa shape index (κ3) is 3.38. The summed E-state index contributed by atoms with van der Waals surface area (Å²) >= 11 is 11.7. The van der Waals surface area contributed by atoms with Gasteiger partial charge in [-0.2, -0.15) is 0 Å². The summed E-state index contributed by atoms with van der Waals surface area (Å²) in [5.74, 6) is 0. The van der Waals surface area contributed by atoms with Gasteiger partial charge in [-0.25, -0.2) is 4.98 Å². The second-order valence-corrected chi connectivity index (χ2v) is 5.70. The predicted molar refractivity (Wildman–Crippen MR) is 89.5 cm³/mol. The lowest BCUT2D eigenvalue weighted by Gasteiger charge is -2.09. The minimum atomic E-state index is -0.0550. The van der Waals surface area contributed by atoms with Gasteiger partial charge < -0.3 is 4.57 Å². The fourth-order valence-corrected chi connectivity index (χ4v) is 2.40. The van der Waals surface area contributed by atoms with Crippen molar-refractivity contribution in [3.63, 3.8) is 0 Å². The van der Waals surface area contributed by atoms with Crippen LogP contribution in [0.25, 0.3) is 11.1 Å². The van der Waals surface area contributed by atoms with Crippen molar-refractivity contribution in [2.24, 2.45) is 0 Å². The van der Waals surface area contributed by atoms with E-state index in [1.54, 1.807) is 29.0 Å². The van der Waals surface area contributed by atoms with E-state index in [9.17, 15) is 4.79 Å². The molecular formula is C17H12Cl2N2O. The number of benzene rings is 1. The third-order valence-corrected chi connectivity index (χ3v) is 3.79. The van der Waals surface area contributed by atoms with E-state index in [1.807, 2.05) is 36.5 Å². The van der Waals surface area contributed by atoms with Crippen molar-refractivity contribution in [2.75, 3.05) is 0 Å². The Labute approximate surface area is 137 Å². The van der Waals surface area contributed by atoms with Gasteiger partial charge in [-0.3, -0.25) is 4.79 Å². The number of aromatic nitrogens is 2. The van der Waals surface area contributed by atoms with Gasteiger partial charge in [-0.1, -0.05) is 35.3 Å². The molecule has 0 saturated heterocycles. The molecule has 0 unspecified atom stereocenters. The molecule has 22 heavy (non-hydrogen) atoms. The summed E-state index contributed by atoms with van der Waals surface area (Å²) in [5, 5.41) is 1.12. The molecule has 0 saturated carbocycles. The quantitative estimate of drug-likeness (QED) is 0.672. The molecule has 5 heteroatoms. The zero-order valence-electron chi connectivity index (χ0n) is 11.5. The van der Waals surface area contributed by atoms with Gasteiger partial charge in [0.1, 0.15) is 5.15 Å². The fraction of sp³-hybridized carbons (Fsp3) is 0.0588. The molecule has 0 bridgehead atoms. The van der Waals surface area contributed by atoms with E-state index in [-0.39, 0.29) is 5.56 Å². The largest absolute Gasteiger partial charge is 0.310 e. The molecule has 1 aromatic carbocycles. The average Bonchev–Trinajstić information content (AvgIpc) is 2.52. The zero-order chi connectivity index (χ0) is 15.5. The smallest absolute Gasteiger partial charge is 0.250 e. The first-order valence-corrected chi connectivity index (χ1v) is 7.44. The summed E-state index contributed by atoms with van der Waals surface area (Å²) < 4.78 is 1.66. The van der Waals surface area contributed by atoms with Crippen LogP contribution < -0.4 is 5.56 Å². The Morgan fingerprint density at radius 1 is 0.909 bits per heavy atom. The maximum atomic E-state index is 12.0. The molecule has 0 aliphatic heterocycles. The number of hydrogen-bond acceptors (Lipinski definition) is 2. The van der Waals surface area contributed by atoms with Gasteiger partial charge in [-0.15, -0.1) is 0 Å². The highest BCUT2D eigenvalue weighted by Gasteiger charge is 2.03. The molecule has 2 heterocycles. The van der Waals surface area contributed by atoms with Gasteiger partial charge in [0.05, 0.1) is 6.54 Å². The Hall–Kier alpha value is -2.10.